The standard InChI is InChI=1S/C37H38O6S/c1-35(2,3)31-23-26(22-27(24-31)32(38)39)25-36(33(40)41,34(42)43)20-13-21-44-37(28-14-7-4-8-15-28,29-16-9-5-10-17-29)30-18-11-6-12-19-30/h4-12,14-19,22-24H,13,20-21,25H2,1-3H3,(H,38,39)(H,40,41)(H,42,43). The molecular formula is C37H38O6S. The van der Waals surface area contributed by atoms with Crippen molar-refractivity contribution in [1.29, 1.82) is 0 Å². The smallest absolute Gasteiger partial charge is 0.335 e. The molecule has 44 heavy (non-hydrogen) atoms. The molecule has 0 radical (unpaired) electrons. The second-order valence-corrected chi connectivity index (χ2v) is 13.4. The number of aromatic carboxylic acids is 1. The van der Waals surface area contributed by atoms with E-state index in [9.17, 15) is 29.7 Å². The van der Waals surface area contributed by atoms with E-state index in [4.69, 9.17) is 0 Å². The Bertz CT molecular complexity index is 1480. The lowest BCUT2D eigenvalue weighted by Crippen LogP contribution is -2.41. The van der Waals surface area contributed by atoms with Crippen LogP contribution in [0.2, 0.25) is 0 Å². The van der Waals surface area contributed by atoms with Gasteiger partial charge in [-0.2, -0.15) is 0 Å². The van der Waals surface area contributed by atoms with Crippen LogP contribution in [0, 0.1) is 5.41 Å². The first-order chi connectivity index (χ1) is 20.9. The Kier molecular flexibility index (Phi) is 10.00. The molecule has 0 fully saturated rings. The SMILES string of the molecule is CC(C)(C)c1cc(CC(CCCSC(c2ccccc2)(c2ccccc2)c2ccccc2)(C(=O)O)C(=O)O)cc(C(=O)O)c1. The van der Waals surface area contributed by atoms with Crippen LogP contribution in [0.15, 0.2) is 109 Å². The van der Waals surface area contributed by atoms with Gasteiger partial charge in [-0.3, -0.25) is 9.59 Å². The van der Waals surface area contributed by atoms with Crippen molar-refractivity contribution in [2.45, 2.75) is 50.2 Å². The number of rotatable bonds is 13. The third-order valence-electron chi connectivity index (χ3n) is 8.04. The predicted molar refractivity (Wildman–Crippen MR) is 174 cm³/mol. The zero-order valence-corrected chi connectivity index (χ0v) is 26.0. The van der Waals surface area contributed by atoms with Crippen molar-refractivity contribution in [2.75, 3.05) is 5.75 Å². The molecule has 0 saturated carbocycles. The first-order valence-corrected chi connectivity index (χ1v) is 15.5. The molecule has 0 bridgehead atoms. The first-order valence-electron chi connectivity index (χ1n) is 14.6. The van der Waals surface area contributed by atoms with Gasteiger partial charge in [0.15, 0.2) is 5.41 Å². The lowest BCUT2D eigenvalue weighted by Gasteiger charge is -2.36. The Hall–Kier alpha value is -4.36. The van der Waals surface area contributed by atoms with E-state index in [2.05, 4.69) is 36.4 Å². The summed E-state index contributed by atoms with van der Waals surface area (Å²) >= 11 is 1.65. The van der Waals surface area contributed by atoms with Crippen LogP contribution in [0.25, 0.3) is 0 Å². The lowest BCUT2D eigenvalue weighted by molar-refractivity contribution is -0.165. The highest BCUT2D eigenvalue weighted by Gasteiger charge is 2.47. The van der Waals surface area contributed by atoms with Crippen LogP contribution in [-0.2, 0) is 26.2 Å². The van der Waals surface area contributed by atoms with Gasteiger partial charge >= 0.3 is 17.9 Å². The molecule has 0 aliphatic rings. The average molecular weight is 611 g/mol. The van der Waals surface area contributed by atoms with Crippen LogP contribution in [0.4, 0.5) is 0 Å². The van der Waals surface area contributed by atoms with Crippen molar-refractivity contribution in [3.8, 4) is 0 Å². The summed E-state index contributed by atoms with van der Waals surface area (Å²) in [6.07, 6.45) is -0.142. The first kappa shape index (κ1) is 32.6. The molecule has 0 spiro atoms. The monoisotopic (exact) mass is 610 g/mol. The minimum Gasteiger partial charge on any atom is -0.480 e. The van der Waals surface area contributed by atoms with Gasteiger partial charge in [0.2, 0.25) is 0 Å². The molecule has 0 aromatic heterocycles. The van der Waals surface area contributed by atoms with Crippen LogP contribution in [0.3, 0.4) is 0 Å². The lowest BCUT2D eigenvalue weighted by atomic mass is 9.76. The third-order valence-corrected chi connectivity index (χ3v) is 9.67. The van der Waals surface area contributed by atoms with E-state index in [1.54, 1.807) is 23.9 Å². The summed E-state index contributed by atoms with van der Waals surface area (Å²) in [6, 6.07) is 35.0. The van der Waals surface area contributed by atoms with Gasteiger partial charge in [-0.25, -0.2) is 4.79 Å². The molecule has 0 heterocycles. The van der Waals surface area contributed by atoms with Gasteiger partial charge in [-0.1, -0.05) is 118 Å². The van der Waals surface area contributed by atoms with E-state index < -0.39 is 33.5 Å². The number of aliphatic carboxylic acids is 2. The van der Waals surface area contributed by atoms with E-state index in [0.29, 0.717) is 23.3 Å². The van der Waals surface area contributed by atoms with Crippen molar-refractivity contribution in [3.63, 3.8) is 0 Å². The number of carboxylic acid groups (broad SMARTS) is 3. The number of hydrogen-bond donors (Lipinski definition) is 3. The molecule has 4 aromatic rings. The van der Waals surface area contributed by atoms with E-state index in [1.807, 2.05) is 75.4 Å². The van der Waals surface area contributed by atoms with Crippen LogP contribution in [-0.4, -0.2) is 39.0 Å². The predicted octanol–water partition coefficient (Wildman–Crippen LogP) is 7.89. The van der Waals surface area contributed by atoms with Crippen molar-refractivity contribution in [2.24, 2.45) is 5.41 Å². The fourth-order valence-electron chi connectivity index (χ4n) is 5.61. The molecule has 0 unspecified atom stereocenters. The maximum atomic E-state index is 12.7. The molecule has 3 N–H and O–H groups in total. The Morgan fingerprint density at radius 3 is 1.48 bits per heavy atom. The van der Waals surface area contributed by atoms with Gasteiger partial charge < -0.3 is 15.3 Å². The number of carboxylic acids is 3. The zero-order valence-electron chi connectivity index (χ0n) is 25.2. The summed E-state index contributed by atoms with van der Waals surface area (Å²) in [4.78, 5) is 37.3. The second kappa shape index (κ2) is 13.5. The fourth-order valence-corrected chi connectivity index (χ4v) is 7.11. The van der Waals surface area contributed by atoms with Crippen molar-refractivity contribution in [3.05, 3.63) is 143 Å². The van der Waals surface area contributed by atoms with Crippen LogP contribution in [0.5, 0.6) is 0 Å². The quantitative estimate of drug-likeness (QED) is 0.0802. The van der Waals surface area contributed by atoms with E-state index in [-0.39, 0.29) is 18.4 Å². The normalized spacial score (nSPS) is 12.1. The molecule has 6 nitrogen and oxygen atoms in total. The number of hydrogen-bond acceptors (Lipinski definition) is 4. The number of thioether (sulfide) groups is 1. The molecule has 228 valence electrons. The molecule has 7 heteroatoms. The van der Waals surface area contributed by atoms with Crippen molar-refractivity contribution >= 4 is 29.7 Å². The van der Waals surface area contributed by atoms with Crippen molar-refractivity contribution in [1.82, 2.24) is 0 Å². The van der Waals surface area contributed by atoms with Crippen LogP contribution < -0.4 is 0 Å². The molecule has 4 aromatic carbocycles. The summed E-state index contributed by atoms with van der Waals surface area (Å²) in [7, 11) is 0. The fraction of sp³-hybridized carbons (Fsp3) is 0.270. The van der Waals surface area contributed by atoms with Crippen LogP contribution >= 0.6 is 11.8 Å². The Labute approximate surface area is 262 Å². The summed E-state index contributed by atoms with van der Waals surface area (Å²) < 4.78 is -0.615. The van der Waals surface area contributed by atoms with Gasteiger partial charge in [-0.05, 0) is 70.4 Å². The molecule has 0 aliphatic heterocycles. The molecule has 4 rings (SSSR count). The highest BCUT2D eigenvalue weighted by molar-refractivity contribution is 8.00. The van der Waals surface area contributed by atoms with E-state index >= 15 is 0 Å². The Morgan fingerprint density at radius 1 is 0.636 bits per heavy atom. The van der Waals surface area contributed by atoms with Gasteiger partial charge in [0.25, 0.3) is 0 Å². The Balaban J connectivity index is 1.69. The van der Waals surface area contributed by atoms with Gasteiger partial charge in [0.1, 0.15) is 0 Å². The molecule has 0 atom stereocenters. The van der Waals surface area contributed by atoms with Gasteiger partial charge in [0, 0.05) is 0 Å². The van der Waals surface area contributed by atoms with E-state index in [1.165, 1.54) is 6.07 Å². The molecule has 0 saturated heterocycles. The third kappa shape index (κ3) is 6.89. The summed E-state index contributed by atoms with van der Waals surface area (Å²) in [5.41, 5.74) is 1.72. The highest BCUT2D eigenvalue weighted by atomic mass is 32.2. The topological polar surface area (TPSA) is 112 Å². The average Bonchev–Trinajstić information content (AvgIpc) is 3.01. The Morgan fingerprint density at radius 2 is 1.09 bits per heavy atom. The summed E-state index contributed by atoms with van der Waals surface area (Å²) in [5.74, 6) is -3.55. The second-order valence-electron chi connectivity index (χ2n) is 12.1. The van der Waals surface area contributed by atoms with Gasteiger partial charge in [0.05, 0.1) is 10.3 Å². The highest BCUT2D eigenvalue weighted by Crippen LogP contribution is 2.49. The minimum atomic E-state index is -2.12. The maximum absolute atomic E-state index is 12.7. The maximum Gasteiger partial charge on any atom is 0.335 e. The number of carbonyl (C=O) groups is 3. The molecule has 0 aliphatic carbocycles. The molecule has 0 amide bonds. The summed E-state index contributed by atoms with van der Waals surface area (Å²) in [6.45, 7) is 5.78. The number of benzene rings is 4. The van der Waals surface area contributed by atoms with Crippen molar-refractivity contribution < 1.29 is 29.7 Å². The zero-order chi connectivity index (χ0) is 32.0. The van der Waals surface area contributed by atoms with E-state index in [0.717, 1.165) is 16.7 Å². The van der Waals surface area contributed by atoms with Crippen LogP contribution in [0.1, 0.15) is 71.8 Å². The largest absolute Gasteiger partial charge is 0.480 e. The minimum absolute atomic E-state index is 0.00558. The summed E-state index contributed by atoms with van der Waals surface area (Å²) in [5, 5.41) is 30.4. The molecular weight excluding hydrogens is 572 g/mol. The van der Waals surface area contributed by atoms with Gasteiger partial charge in [-0.15, -0.1) is 11.8 Å².